The van der Waals surface area contributed by atoms with Gasteiger partial charge in [-0.25, -0.2) is 0 Å². The zero-order valence-corrected chi connectivity index (χ0v) is 17.8. The van der Waals surface area contributed by atoms with Gasteiger partial charge in [-0.1, -0.05) is 35.5 Å². The van der Waals surface area contributed by atoms with Gasteiger partial charge in [-0.3, -0.25) is 14.2 Å². The summed E-state index contributed by atoms with van der Waals surface area (Å²) in [7, 11) is 0. The molecule has 154 valence electrons. The molecule has 1 aliphatic heterocycles. The van der Waals surface area contributed by atoms with Crippen LogP contribution in [0, 0.1) is 13.8 Å². The molecule has 2 amide bonds. The molecular weight excluding hydrogens is 398 g/mol. The number of benzene rings is 2. The summed E-state index contributed by atoms with van der Waals surface area (Å²) >= 11 is 1.34. The van der Waals surface area contributed by atoms with Gasteiger partial charge in [0, 0.05) is 30.0 Å². The van der Waals surface area contributed by atoms with Gasteiger partial charge in [0.2, 0.25) is 11.8 Å². The predicted octanol–water partition coefficient (Wildman–Crippen LogP) is 3.74. The van der Waals surface area contributed by atoms with E-state index < -0.39 is 0 Å². The monoisotopic (exact) mass is 421 g/mol. The molecule has 0 radical (unpaired) electrons. The van der Waals surface area contributed by atoms with Gasteiger partial charge in [0.1, 0.15) is 5.82 Å². The van der Waals surface area contributed by atoms with E-state index in [0.717, 1.165) is 30.2 Å². The minimum absolute atomic E-state index is 0.125. The van der Waals surface area contributed by atoms with Gasteiger partial charge in [0.05, 0.1) is 5.75 Å². The van der Waals surface area contributed by atoms with Crippen molar-refractivity contribution >= 4 is 35.0 Å². The molecule has 0 atom stereocenters. The maximum absolute atomic E-state index is 12.5. The molecule has 0 saturated carbocycles. The molecule has 3 aromatic rings. The Morgan fingerprint density at radius 3 is 2.63 bits per heavy atom. The number of aryl methyl sites for hydroxylation is 2. The Bertz CT molecular complexity index is 1080. The summed E-state index contributed by atoms with van der Waals surface area (Å²) in [6.45, 7) is 4.65. The first-order valence-electron chi connectivity index (χ1n) is 9.83. The van der Waals surface area contributed by atoms with Crippen molar-refractivity contribution in [3.8, 4) is 5.69 Å². The van der Waals surface area contributed by atoms with E-state index in [4.69, 9.17) is 0 Å². The van der Waals surface area contributed by atoms with Crippen molar-refractivity contribution in [3.05, 3.63) is 59.9 Å². The van der Waals surface area contributed by atoms with Crippen LogP contribution in [-0.4, -0.2) is 38.9 Å². The van der Waals surface area contributed by atoms with E-state index in [-0.39, 0.29) is 17.6 Å². The smallest absolute Gasteiger partial charge is 0.234 e. The zero-order chi connectivity index (χ0) is 21.1. The number of hydrogen-bond donors (Lipinski definition) is 1. The molecule has 0 spiro atoms. The van der Waals surface area contributed by atoms with Gasteiger partial charge >= 0.3 is 0 Å². The van der Waals surface area contributed by atoms with E-state index in [0.29, 0.717) is 17.3 Å². The fourth-order valence-corrected chi connectivity index (χ4v) is 4.22. The lowest BCUT2D eigenvalue weighted by Crippen LogP contribution is -2.23. The van der Waals surface area contributed by atoms with E-state index in [2.05, 4.69) is 15.5 Å². The summed E-state index contributed by atoms with van der Waals surface area (Å²) in [5, 5.41) is 12.0. The highest BCUT2D eigenvalue weighted by Crippen LogP contribution is 2.25. The number of rotatable bonds is 6. The molecule has 2 heterocycles. The number of carbonyl (C=O) groups is 2. The highest BCUT2D eigenvalue weighted by Gasteiger charge is 2.22. The van der Waals surface area contributed by atoms with Crippen molar-refractivity contribution in [1.29, 1.82) is 0 Å². The molecular formula is C22H23N5O2S. The second-order valence-corrected chi connectivity index (χ2v) is 8.18. The average Bonchev–Trinajstić information content (AvgIpc) is 3.33. The highest BCUT2D eigenvalue weighted by molar-refractivity contribution is 7.99. The molecule has 7 nitrogen and oxygen atoms in total. The fraction of sp³-hybridized carbons (Fsp3) is 0.273. The minimum Gasteiger partial charge on any atom is -0.325 e. The van der Waals surface area contributed by atoms with Crippen molar-refractivity contribution in [2.75, 3.05) is 22.5 Å². The molecule has 30 heavy (non-hydrogen) atoms. The average molecular weight is 422 g/mol. The first-order valence-corrected chi connectivity index (χ1v) is 10.8. The summed E-state index contributed by atoms with van der Waals surface area (Å²) in [5.74, 6) is 0.960. The lowest BCUT2D eigenvalue weighted by atomic mass is 10.2. The van der Waals surface area contributed by atoms with E-state index in [9.17, 15) is 9.59 Å². The lowest BCUT2D eigenvalue weighted by molar-refractivity contribution is -0.117. The van der Waals surface area contributed by atoms with Gasteiger partial charge in [0.15, 0.2) is 5.16 Å². The van der Waals surface area contributed by atoms with E-state index >= 15 is 0 Å². The third kappa shape index (κ3) is 4.38. The van der Waals surface area contributed by atoms with Gasteiger partial charge in [0.25, 0.3) is 0 Å². The summed E-state index contributed by atoms with van der Waals surface area (Å²) in [6.07, 6.45) is 1.45. The van der Waals surface area contributed by atoms with Crippen LogP contribution in [0.2, 0.25) is 0 Å². The van der Waals surface area contributed by atoms with Crippen LogP contribution >= 0.6 is 11.8 Å². The number of anilines is 2. The van der Waals surface area contributed by atoms with E-state index in [1.807, 2.05) is 66.9 Å². The Morgan fingerprint density at radius 2 is 1.90 bits per heavy atom. The molecule has 0 unspecified atom stereocenters. The quantitative estimate of drug-likeness (QED) is 0.613. The van der Waals surface area contributed by atoms with Crippen LogP contribution in [0.15, 0.2) is 53.7 Å². The van der Waals surface area contributed by atoms with Crippen molar-refractivity contribution in [3.63, 3.8) is 0 Å². The Hall–Kier alpha value is -3.13. The summed E-state index contributed by atoms with van der Waals surface area (Å²) in [4.78, 5) is 26.2. The van der Waals surface area contributed by atoms with E-state index in [1.54, 1.807) is 4.90 Å². The number of thioether (sulfide) groups is 1. The number of nitrogens with zero attached hydrogens (tertiary/aromatic N) is 4. The molecule has 2 aromatic carbocycles. The Kier molecular flexibility index (Phi) is 5.85. The van der Waals surface area contributed by atoms with Crippen LogP contribution in [-0.2, 0) is 9.59 Å². The second kappa shape index (κ2) is 8.71. The number of amides is 2. The van der Waals surface area contributed by atoms with Crippen LogP contribution in [0.5, 0.6) is 0 Å². The molecule has 1 aromatic heterocycles. The topological polar surface area (TPSA) is 80.1 Å². The molecule has 1 saturated heterocycles. The largest absolute Gasteiger partial charge is 0.325 e. The molecule has 0 bridgehead atoms. The Balaban J connectivity index is 1.41. The van der Waals surface area contributed by atoms with Crippen LogP contribution in [0.1, 0.15) is 24.2 Å². The number of hydrogen-bond acceptors (Lipinski definition) is 5. The normalized spacial score (nSPS) is 13.7. The first kappa shape index (κ1) is 20.2. The molecule has 0 aliphatic carbocycles. The minimum atomic E-state index is -0.138. The van der Waals surface area contributed by atoms with Crippen LogP contribution in [0.25, 0.3) is 5.69 Å². The second-order valence-electron chi connectivity index (χ2n) is 7.24. The van der Waals surface area contributed by atoms with Gasteiger partial charge < -0.3 is 10.2 Å². The van der Waals surface area contributed by atoms with E-state index in [1.165, 1.54) is 17.3 Å². The fourth-order valence-electron chi connectivity index (χ4n) is 3.43. The lowest BCUT2D eigenvalue weighted by Gasteiger charge is -2.16. The molecule has 1 N–H and O–H groups in total. The standard InChI is InChI=1S/C22H23N5O2S/c1-15-8-10-18(11-9-15)27-16(2)24-25-22(27)30-14-20(28)23-17-5-3-6-19(13-17)26-12-4-7-21(26)29/h3,5-6,8-11,13H,4,7,12,14H2,1-2H3,(H,23,28). The molecule has 8 heteroatoms. The van der Waals surface area contributed by atoms with Gasteiger partial charge in [-0.15, -0.1) is 10.2 Å². The van der Waals surface area contributed by atoms with Crippen LogP contribution < -0.4 is 10.2 Å². The van der Waals surface area contributed by atoms with Gasteiger partial charge in [-0.2, -0.15) is 0 Å². The van der Waals surface area contributed by atoms with Crippen LogP contribution in [0.3, 0.4) is 0 Å². The predicted molar refractivity (Wildman–Crippen MR) is 118 cm³/mol. The van der Waals surface area contributed by atoms with Crippen molar-refractivity contribution in [2.45, 2.75) is 31.8 Å². The highest BCUT2D eigenvalue weighted by atomic mass is 32.2. The Labute approximate surface area is 179 Å². The third-order valence-electron chi connectivity index (χ3n) is 4.93. The van der Waals surface area contributed by atoms with Crippen molar-refractivity contribution in [2.24, 2.45) is 0 Å². The number of aromatic nitrogens is 3. The van der Waals surface area contributed by atoms with Crippen LogP contribution in [0.4, 0.5) is 11.4 Å². The summed E-state index contributed by atoms with van der Waals surface area (Å²) < 4.78 is 1.94. The zero-order valence-electron chi connectivity index (χ0n) is 17.0. The maximum atomic E-state index is 12.5. The number of carbonyl (C=O) groups excluding carboxylic acids is 2. The van der Waals surface area contributed by atoms with Crippen molar-refractivity contribution < 1.29 is 9.59 Å². The Morgan fingerprint density at radius 1 is 1.10 bits per heavy atom. The van der Waals surface area contributed by atoms with Gasteiger partial charge in [-0.05, 0) is 50.6 Å². The first-order chi connectivity index (χ1) is 14.5. The molecule has 4 rings (SSSR count). The summed E-state index contributed by atoms with van der Waals surface area (Å²) in [5.41, 5.74) is 3.64. The van der Waals surface area contributed by atoms with Crippen molar-refractivity contribution in [1.82, 2.24) is 14.8 Å². The number of nitrogens with one attached hydrogen (secondary N) is 1. The molecule has 1 aliphatic rings. The molecule has 1 fully saturated rings. The third-order valence-corrected chi connectivity index (χ3v) is 5.86. The SMILES string of the molecule is Cc1ccc(-n2c(C)nnc2SCC(=O)Nc2cccc(N3CCCC3=O)c2)cc1. The maximum Gasteiger partial charge on any atom is 0.234 e. The summed E-state index contributed by atoms with van der Waals surface area (Å²) in [6, 6.07) is 15.5.